The minimum Gasteiger partial charge on any atom is -0.385 e. The molecule has 1 atom stereocenters. The third-order valence-electron chi connectivity index (χ3n) is 6.62. The normalized spacial score (nSPS) is 14.1. The summed E-state index contributed by atoms with van der Waals surface area (Å²) in [6, 6.07) is 13.9. The fourth-order valence-electron chi connectivity index (χ4n) is 4.86. The highest BCUT2D eigenvalue weighted by Gasteiger charge is 2.37. The number of rotatable bonds is 3. The molecule has 0 fully saturated rings. The molecule has 2 heterocycles. The van der Waals surface area contributed by atoms with E-state index in [4.69, 9.17) is 1.37 Å². The van der Waals surface area contributed by atoms with Crippen LogP contribution in [-0.2, 0) is 6.42 Å². The van der Waals surface area contributed by atoms with E-state index >= 15 is 0 Å². The number of aryl methyl sites for hydroxylation is 1. The lowest BCUT2D eigenvalue weighted by Crippen LogP contribution is -2.25. The number of fused-ring (bicyclic) bond motifs is 6. The number of Topliss-reactive ketones (excluding diaryl/α,β-unsaturated/α-hetero) is 4. The largest absolute Gasteiger partial charge is 0.385 e. The Bertz CT molecular complexity index is 1670. The summed E-state index contributed by atoms with van der Waals surface area (Å²) in [6.07, 6.45) is -0.107. The molecule has 206 valence electrons. The Hall–Kier alpha value is -4.57. The van der Waals surface area contributed by atoms with Gasteiger partial charge in [-0.05, 0) is 20.8 Å². The molecular formula is C30H29FN4O5. The van der Waals surface area contributed by atoms with Crippen molar-refractivity contribution in [3.63, 3.8) is 0 Å². The summed E-state index contributed by atoms with van der Waals surface area (Å²) in [6.45, 7) is 7.34. The molecule has 0 amide bonds. The van der Waals surface area contributed by atoms with Crippen LogP contribution in [0.2, 0.25) is 0 Å². The van der Waals surface area contributed by atoms with Crippen molar-refractivity contribution in [2.45, 2.75) is 46.3 Å². The number of alkyl halides is 1. The molecular weight excluding hydrogens is 515 g/mol. The summed E-state index contributed by atoms with van der Waals surface area (Å²) in [7, 11) is -1.00. The molecule has 10 heteroatoms. The van der Waals surface area contributed by atoms with Crippen LogP contribution < -0.4 is 0 Å². The Kier molecular flexibility index (Phi) is 7.61. The highest BCUT2D eigenvalue weighted by Crippen LogP contribution is 2.36. The van der Waals surface area contributed by atoms with Crippen molar-refractivity contribution in [2.24, 2.45) is 0 Å². The minimum atomic E-state index is -1.00. The van der Waals surface area contributed by atoms with Crippen molar-refractivity contribution >= 4 is 23.1 Å². The van der Waals surface area contributed by atoms with Crippen LogP contribution in [0.5, 0.6) is 0 Å². The van der Waals surface area contributed by atoms with Gasteiger partial charge in [-0.15, -0.1) is 0 Å². The first-order valence-electron chi connectivity index (χ1n) is 13.4. The standard InChI is InChI=1S/C16H16N2O3.C13H10N2O2.CH3F/c1-8(2)18-13-12(17-16(18)9(3)19)10-6-4-5-7-11(10)14(20)15(13)21;1-2-9-14-10-7-5-3-4-6-8(7)12(16)13(17)11(10)15-9;1-2/h4-9,19H,1-3H3;3-6H,2H2,1H3,(H,14,15);1H3/i;;1D. The fraction of sp³-hybridized carbons (Fsp3) is 0.267. The number of nitrogens with one attached hydrogen (secondary N) is 1. The zero-order valence-corrected chi connectivity index (χ0v) is 22.5. The van der Waals surface area contributed by atoms with E-state index in [1.54, 1.807) is 41.8 Å². The predicted molar refractivity (Wildman–Crippen MR) is 146 cm³/mol. The number of aliphatic hydroxyl groups excluding tert-OH is 1. The molecule has 2 aromatic carbocycles. The second-order valence-electron chi connectivity index (χ2n) is 9.48. The molecule has 40 heavy (non-hydrogen) atoms. The Morgan fingerprint density at radius 3 is 1.85 bits per heavy atom. The molecule has 0 spiro atoms. The first kappa shape index (κ1) is 27.0. The zero-order valence-electron chi connectivity index (χ0n) is 23.5. The van der Waals surface area contributed by atoms with Gasteiger partial charge in [0.15, 0.2) is 0 Å². The minimum absolute atomic E-state index is 0.0761. The molecule has 2 aliphatic rings. The van der Waals surface area contributed by atoms with Gasteiger partial charge in [-0.1, -0.05) is 55.5 Å². The summed E-state index contributed by atoms with van der Waals surface area (Å²) >= 11 is 0. The number of carbonyl (C=O) groups excluding carboxylic acids is 4. The molecule has 0 bridgehead atoms. The third kappa shape index (κ3) is 4.60. The van der Waals surface area contributed by atoms with Crippen LogP contribution in [-0.4, -0.2) is 54.9 Å². The number of halogens is 1. The number of hydrogen-bond acceptors (Lipinski definition) is 7. The maximum Gasteiger partial charge on any atom is 0.252 e. The third-order valence-corrected chi connectivity index (χ3v) is 6.62. The lowest BCUT2D eigenvalue weighted by atomic mass is 9.90. The molecule has 2 aliphatic carbocycles. The summed E-state index contributed by atoms with van der Waals surface area (Å²) in [5.41, 5.74) is 3.90. The Labute approximate surface area is 231 Å². The number of nitrogens with zero attached hydrogens (tertiary/aromatic N) is 3. The molecule has 2 aromatic heterocycles. The predicted octanol–water partition coefficient (Wildman–Crippen LogP) is 5.17. The number of carbonyl (C=O) groups is 4. The molecule has 2 N–H and O–H groups in total. The number of aromatic nitrogens is 4. The van der Waals surface area contributed by atoms with Crippen LogP contribution in [0.25, 0.3) is 22.5 Å². The van der Waals surface area contributed by atoms with Gasteiger partial charge in [-0.2, -0.15) is 0 Å². The number of H-pyrrole nitrogens is 1. The van der Waals surface area contributed by atoms with E-state index in [0.29, 0.717) is 46.0 Å². The van der Waals surface area contributed by atoms with Crippen LogP contribution >= 0.6 is 0 Å². The molecule has 0 saturated carbocycles. The summed E-state index contributed by atoms with van der Waals surface area (Å²) in [5.74, 6) is -0.889. The molecule has 9 nitrogen and oxygen atoms in total. The van der Waals surface area contributed by atoms with Gasteiger partial charge in [-0.25, -0.2) is 9.97 Å². The zero-order chi connectivity index (χ0) is 30.0. The summed E-state index contributed by atoms with van der Waals surface area (Å²) < 4.78 is 17.2. The van der Waals surface area contributed by atoms with Crippen molar-refractivity contribution in [1.82, 2.24) is 19.5 Å². The number of benzene rings is 2. The molecule has 0 aliphatic heterocycles. The average molecular weight is 546 g/mol. The number of aromatic amines is 1. The van der Waals surface area contributed by atoms with E-state index in [1.807, 2.05) is 39.0 Å². The number of aliphatic hydroxyl groups is 1. The van der Waals surface area contributed by atoms with Gasteiger partial charge in [0, 0.05) is 34.7 Å². The lowest BCUT2D eigenvalue weighted by molar-refractivity contribution is 0.0808. The monoisotopic (exact) mass is 545 g/mol. The van der Waals surface area contributed by atoms with Crippen molar-refractivity contribution in [3.05, 3.63) is 82.7 Å². The van der Waals surface area contributed by atoms with E-state index in [0.717, 1.165) is 11.4 Å². The van der Waals surface area contributed by atoms with Gasteiger partial charge in [0.25, 0.3) is 11.6 Å². The number of imidazole rings is 2. The maximum absolute atomic E-state index is 12.4. The van der Waals surface area contributed by atoms with Crippen molar-refractivity contribution in [1.29, 1.82) is 0 Å². The van der Waals surface area contributed by atoms with Crippen LogP contribution in [0.4, 0.5) is 4.39 Å². The van der Waals surface area contributed by atoms with Crippen LogP contribution in [0.1, 0.15) is 94.6 Å². The molecule has 0 radical (unpaired) electrons. The summed E-state index contributed by atoms with van der Waals surface area (Å²) in [5, 5.41) is 9.92. The molecule has 0 saturated heterocycles. The van der Waals surface area contributed by atoms with Gasteiger partial charge in [-0.3, -0.25) is 23.6 Å². The highest BCUT2D eigenvalue weighted by atomic mass is 19.1. The van der Waals surface area contributed by atoms with Gasteiger partial charge < -0.3 is 14.7 Å². The average Bonchev–Trinajstić information content (AvgIpc) is 3.59. The first-order chi connectivity index (χ1) is 19.6. The SMILES string of the molecule is CC(O)c1nc2c(n1C(C)C)C(=O)C(=O)c1ccccc1-2.CCc1nc2c([nH]1)C(=O)C(=O)c1ccccc1-2.[2H]CF. The van der Waals surface area contributed by atoms with Crippen molar-refractivity contribution in [3.8, 4) is 22.5 Å². The quantitative estimate of drug-likeness (QED) is 0.339. The van der Waals surface area contributed by atoms with Crippen molar-refractivity contribution < 1.29 is 30.0 Å². The van der Waals surface area contributed by atoms with E-state index < -0.39 is 36.4 Å². The van der Waals surface area contributed by atoms with E-state index in [-0.39, 0.29) is 11.7 Å². The number of ketones is 4. The van der Waals surface area contributed by atoms with Gasteiger partial charge >= 0.3 is 0 Å². The van der Waals surface area contributed by atoms with Crippen LogP contribution in [0.3, 0.4) is 0 Å². The Balaban J connectivity index is 0.000000175. The Morgan fingerprint density at radius 1 is 0.850 bits per heavy atom. The summed E-state index contributed by atoms with van der Waals surface area (Å²) in [4.78, 5) is 60.2. The van der Waals surface area contributed by atoms with Gasteiger partial charge in [0.2, 0.25) is 11.6 Å². The molecule has 6 rings (SSSR count). The fourth-order valence-corrected chi connectivity index (χ4v) is 4.86. The second-order valence-corrected chi connectivity index (χ2v) is 9.48. The topological polar surface area (TPSA) is 135 Å². The lowest BCUT2D eigenvalue weighted by Gasteiger charge is -2.19. The molecule has 1 unspecified atom stereocenters. The Morgan fingerprint density at radius 2 is 1.35 bits per heavy atom. The molecule has 4 aromatic rings. The second kappa shape index (κ2) is 11.3. The van der Waals surface area contributed by atoms with E-state index in [9.17, 15) is 28.7 Å². The first-order valence-corrected chi connectivity index (χ1v) is 12.7. The maximum atomic E-state index is 12.4. The smallest absolute Gasteiger partial charge is 0.252 e. The van der Waals surface area contributed by atoms with E-state index in [1.165, 1.54) is 0 Å². The van der Waals surface area contributed by atoms with Gasteiger partial charge in [0.05, 0.1) is 8.52 Å². The van der Waals surface area contributed by atoms with E-state index in [2.05, 4.69) is 15.0 Å². The van der Waals surface area contributed by atoms with Crippen molar-refractivity contribution in [2.75, 3.05) is 7.15 Å². The number of hydrogen-bond donors (Lipinski definition) is 2. The highest BCUT2D eigenvalue weighted by molar-refractivity contribution is 6.53. The van der Waals surface area contributed by atoms with Crippen LogP contribution in [0, 0.1) is 0 Å². The van der Waals surface area contributed by atoms with Gasteiger partial charge in [0.1, 0.15) is 40.5 Å². The van der Waals surface area contributed by atoms with Crippen LogP contribution in [0.15, 0.2) is 48.5 Å².